The number of fused-ring (bicyclic) bond motifs is 14. The molecule has 5 heteroatoms. The van der Waals surface area contributed by atoms with Gasteiger partial charge in [-0.2, -0.15) is 0 Å². The van der Waals surface area contributed by atoms with Crippen LogP contribution in [-0.2, 0) is 10.8 Å². The summed E-state index contributed by atoms with van der Waals surface area (Å²) in [6.45, 7) is 11.5. The van der Waals surface area contributed by atoms with Crippen molar-refractivity contribution in [2.24, 2.45) is 0 Å². The number of hydrogen-bond donors (Lipinski definition) is 1. The maximum atomic E-state index is 6.54. The van der Waals surface area contributed by atoms with Crippen molar-refractivity contribution >= 4 is 95.3 Å². The molecule has 0 saturated carbocycles. The first-order valence-corrected chi connectivity index (χ1v) is 21.1. The van der Waals surface area contributed by atoms with Crippen LogP contribution in [0.2, 0.25) is 0 Å². The quantitative estimate of drug-likeness (QED) is 0.182. The second kappa shape index (κ2) is 11.6. The fraction of sp³-hybridized carbons (Fsp3) is 0.127. The van der Waals surface area contributed by atoms with Crippen LogP contribution in [0.15, 0.2) is 154 Å². The molecule has 0 fully saturated rings. The van der Waals surface area contributed by atoms with E-state index in [0.29, 0.717) is 0 Å². The topological polar surface area (TPSA) is 43.2 Å². The van der Waals surface area contributed by atoms with E-state index in [1.54, 1.807) is 0 Å². The second-order valence-electron chi connectivity index (χ2n) is 18.6. The van der Waals surface area contributed by atoms with Crippen LogP contribution in [0.3, 0.4) is 0 Å². The van der Waals surface area contributed by atoms with Crippen molar-refractivity contribution in [1.82, 2.24) is 4.57 Å². The van der Waals surface area contributed by atoms with Gasteiger partial charge in [0.25, 0.3) is 0 Å². The van der Waals surface area contributed by atoms with Gasteiger partial charge in [-0.05, 0) is 86.7 Å². The largest absolute Gasteiger partial charge is 0.456 e. The van der Waals surface area contributed by atoms with E-state index in [0.717, 1.165) is 73.7 Å². The predicted octanol–water partition coefficient (Wildman–Crippen LogP) is 13.3. The van der Waals surface area contributed by atoms with Crippen LogP contribution in [0.4, 0.5) is 11.4 Å². The SMILES string of the molecule is CC(C)(C)c1ccc(Nc2cc3c(cc2-c2ccc4c5cc6c(cc5n5c4c2Bc2cc4c(cc2-5)oc2ccccc24)oc2ccccc26)-c2ccccc2C3(C)C)cc1. The Kier molecular flexibility index (Phi) is 6.57. The molecule has 13 rings (SSSR count). The molecule has 0 amide bonds. The lowest BCUT2D eigenvalue weighted by molar-refractivity contribution is 0.590. The summed E-state index contributed by atoms with van der Waals surface area (Å²) >= 11 is 0. The van der Waals surface area contributed by atoms with E-state index in [1.165, 1.54) is 66.2 Å². The number of para-hydroxylation sites is 2. The molecule has 286 valence electrons. The number of hydrogen-bond acceptors (Lipinski definition) is 3. The highest BCUT2D eigenvalue weighted by molar-refractivity contribution is 6.73. The molecular formula is C55H41BN2O2. The molecular weight excluding hydrogens is 731 g/mol. The van der Waals surface area contributed by atoms with Crippen molar-refractivity contribution in [3.63, 3.8) is 0 Å². The van der Waals surface area contributed by atoms with Gasteiger partial charge < -0.3 is 18.7 Å². The molecule has 0 bridgehead atoms. The Hall–Kier alpha value is -6.98. The number of aromatic nitrogens is 1. The van der Waals surface area contributed by atoms with Crippen molar-refractivity contribution < 1.29 is 8.83 Å². The Morgan fingerprint density at radius 1 is 0.533 bits per heavy atom. The summed E-state index contributed by atoms with van der Waals surface area (Å²) in [5.41, 5.74) is 21.0. The fourth-order valence-electron chi connectivity index (χ4n) is 10.7. The lowest BCUT2D eigenvalue weighted by Gasteiger charge is -2.26. The van der Waals surface area contributed by atoms with E-state index < -0.39 is 0 Å². The highest BCUT2D eigenvalue weighted by Crippen LogP contribution is 2.52. The summed E-state index contributed by atoms with van der Waals surface area (Å²) < 4.78 is 15.6. The highest BCUT2D eigenvalue weighted by Gasteiger charge is 2.37. The molecule has 8 aromatic carbocycles. The van der Waals surface area contributed by atoms with Gasteiger partial charge in [0, 0.05) is 78.0 Å². The lowest BCUT2D eigenvalue weighted by atomic mass is 9.59. The van der Waals surface area contributed by atoms with Crippen molar-refractivity contribution in [2.75, 3.05) is 5.32 Å². The third-order valence-corrected chi connectivity index (χ3v) is 13.8. The van der Waals surface area contributed by atoms with Gasteiger partial charge in [0.2, 0.25) is 0 Å². The van der Waals surface area contributed by atoms with Gasteiger partial charge in [-0.15, -0.1) is 0 Å². The van der Waals surface area contributed by atoms with Crippen molar-refractivity contribution in [3.05, 3.63) is 162 Å². The van der Waals surface area contributed by atoms with Gasteiger partial charge in [-0.1, -0.05) is 131 Å². The maximum absolute atomic E-state index is 6.54. The zero-order valence-electron chi connectivity index (χ0n) is 34.3. The Bertz CT molecular complexity index is 3670. The first-order valence-electron chi connectivity index (χ1n) is 21.1. The number of nitrogens with one attached hydrogen (secondary N) is 1. The molecule has 0 unspecified atom stereocenters. The first-order chi connectivity index (χ1) is 29.1. The van der Waals surface area contributed by atoms with Crippen molar-refractivity contribution in [2.45, 2.75) is 45.4 Å². The number of benzene rings is 8. The summed E-state index contributed by atoms with van der Waals surface area (Å²) in [5, 5.41) is 11.0. The average Bonchev–Trinajstić information content (AvgIpc) is 3.96. The van der Waals surface area contributed by atoms with Gasteiger partial charge >= 0.3 is 0 Å². The molecule has 1 N–H and O–H groups in total. The van der Waals surface area contributed by atoms with Crippen LogP contribution in [0.25, 0.3) is 93.6 Å². The van der Waals surface area contributed by atoms with Crippen LogP contribution in [-0.4, -0.2) is 11.8 Å². The molecule has 0 radical (unpaired) electrons. The van der Waals surface area contributed by atoms with Crippen molar-refractivity contribution in [3.8, 4) is 27.9 Å². The van der Waals surface area contributed by atoms with Crippen LogP contribution < -0.4 is 16.2 Å². The third-order valence-electron chi connectivity index (χ3n) is 13.8. The van der Waals surface area contributed by atoms with Gasteiger partial charge in [-0.25, -0.2) is 0 Å². The zero-order valence-corrected chi connectivity index (χ0v) is 34.3. The number of furan rings is 2. The predicted molar refractivity (Wildman–Crippen MR) is 253 cm³/mol. The summed E-state index contributed by atoms with van der Waals surface area (Å²) in [6.07, 6.45) is 0. The van der Waals surface area contributed by atoms with E-state index in [9.17, 15) is 0 Å². The average molecular weight is 773 g/mol. The van der Waals surface area contributed by atoms with E-state index >= 15 is 0 Å². The number of rotatable bonds is 3. The number of anilines is 2. The molecule has 11 aromatic rings. The Balaban J connectivity index is 1.11. The molecule has 0 spiro atoms. The molecule has 4 nitrogen and oxygen atoms in total. The van der Waals surface area contributed by atoms with Gasteiger partial charge in [0.15, 0.2) is 7.28 Å². The number of nitrogens with zero attached hydrogens (tertiary/aromatic N) is 1. The lowest BCUT2D eigenvalue weighted by Crippen LogP contribution is -2.37. The highest BCUT2D eigenvalue weighted by atomic mass is 16.3. The van der Waals surface area contributed by atoms with Crippen LogP contribution in [0, 0.1) is 0 Å². The van der Waals surface area contributed by atoms with Gasteiger partial charge in [-0.3, -0.25) is 0 Å². The van der Waals surface area contributed by atoms with Gasteiger partial charge in [0.05, 0.1) is 5.52 Å². The molecule has 0 atom stereocenters. The van der Waals surface area contributed by atoms with Crippen LogP contribution >= 0.6 is 0 Å². The molecule has 0 saturated heterocycles. The first kappa shape index (κ1) is 33.9. The molecule has 2 aliphatic rings. The second-order valence-corrected chi connectivity index (χ2v) is 18.6. The van der Waals surface area contributed by atoms with Crippen LogP contribution in [0.1, 0.15) is 51.3 Å². The minimum Gasteiger partial charge on any atom is -0.456 e. The van der Waals surface area contributed by atoms with E-state index in [4.69, 9.17) is 8.83 Å². The zero-order chi connectivity index (χ0) is 40.2. The van der Waals surface area contributed by atoms with Gasteiger partial charge in [0.1, 0.15) is 22.3 Å². The smallest absolute Gasteiger partial charge is 0.198 e. The molecule has 3 aromatic heterocycles. The van der Waals surface area contributed by atoms with E-state index in [2.05, 4.69) is 184 Å². The van der Waals surface area contributed by atoms with E-state index in [1.807, 2.05) is 6.07 Å². The summed E-state index contributed by atoms with van der Waals surface area (Å²) in [4.78, 5) is 0. The standard InChI is InChI=1S/C55H41BN2O2/c1-54(2,3)30-18-20-31(21-19-30)57-45-27-43-37(32-12-6-9-15-42(32)55(43,4)5)24-38(45)35-22-23-36-39-25-40-33-13-7-10-16-48(33)59-50(40)28-46(39)58-47-29-51-41(26-44(47)56-52(35)53(36)58)34-14-8-11-17-49(34)60-51/h6-29,56-57H,1-5H3. The van der Waals surface area contributed by atoms with E-state index in [-0.39, 0.29) is 10.8 Å². The van der Waals surface area contributed by atoms with Crippen LogP contribution in [0.5, 0.6) is 0 Å². The maximum Gasteiger partial charge on any atom is 0.198 e. The Labute approximate surface area is 348 Å². The fourth-order valence-corrected chi connectivity index (χ4v) is 10.7. The molecule has 4 heterocycles. The summed E-state index contributed by atoms with van der Waals surface area (Å²) in [6, 6.07) is 53.6. The minimum absolute atomic E-state index is 0.0733. The molecule has 1 aliphatic heterocycles. The Morgan fingerprint density at radius 2 is 1.22 bits per heavy atom. The summed E-state index contributed by atoms with van der Waals surface area (Å²) in [5.74, 6) is 0. The Morgan fingerprint density at radius 3 is 1.97 bits per heavy atom. The minimum atomic E-state index is -0.138. The molecule has 60 heavy (non-hydrogen) atoms. The summed E-state index contributed by atoms with van der Waals surface area (Å²) in [7, 11) is 0.783. The van der Waals surface area contributed by atoms with Crippen molar-refractivity contribution in [1.29, 1.82) is 0 Å². The third kappa shape index (κ3) is 4.58. The monoisotopic (exact) mass is 772 g/mol. The normalized spacial score (nSPS) is 14.0. The molecule has 1 aliphatic carbocycles.